The maximum atomic E-state index is 4.58. The highest BCUT2D eigenvalue weighted by molar-refractivity contribution is 7.09. The van der Waals surface area contributed by atoms with E-state index < -0.39 is 0 Å². The van der Waals surface area contributed by atoms with Crippen LogP contribution in [-0.4, -0.2) is 30.5 Å². The standard InChI is InChI=1S/C11H19N3S/c1-14(2)7-10-8-15-11(13-10)6-12-5-9-3-4-9/h8-9,12H,3-7H2,1-2H3. The lowest BCUT2D eigenvalue weighted by Gasteiger charge is -2.05. The van der Waals surface area contributed by atoms with Crippen LogP contribution in [0.5, 0.6) is 0 Å². The number of aromatic nitrogens is 1. The summed E-state index contributed by atoms with van der Waals surface area (Å²) >= 11 is 1.76. The summed E-state index contributed by atoms with van der Waals surface area (Å²) in [5, 5.41) is 6.84. The molecule has 0 spiro atoms. The van der Waals surface area contributed by atoms with Gasteiger partial charge in [-0.05, 0) is 39.4 Å². The maximum absolute atomic E-state index is 4.58. The van der Waals surface area contributed by atoms with E-state index in [9.17, 15) is 0 Å². The Hall–Kier alpha value is -0.450. The van der Waals surface area contributed by atoms with E-state index >= 15 is 0 Å². The predicted molar refractivity (Wildman–Crippen MR) is 63.9 cm³/mol. The summed E-state index contributed by atoms with van der Waals surface area (Å²) in [5.74, 6) is 0.950. The highest BCUT2D eigenvalue weighted by Gasteiger charge is 2.20. The Morgan fingerprint density at radius 1 is 1.53 bits per heavy atom. The second-order valence-electron chi connectivity index (χ2n) is 4.54. The van der Waals surface area contributed by atoms with Gasteiger partial charge >= 0.3 is 0 Å². The predicted octanol–water partition coefficient (Wildman–Crippen LogP) is 1.70. The number of nitrogens with zero attached hydrogens (tertiary/aromatic N) is 2. The summed E-state index contributed by atoms with van der Waals surface area (Å²) in [6.07, 6.45) is 2.83. The molecule has 1 saturated carbocycles. The first-order chi connectivity index (χ1) is 7.24. The van der Waals surface area contributed by atoms with Crippen LogP contribution >= 0.6 is 11.3 Å². The molecule has 2 rings (SSSR count). The largest absolute Gasteiger partial charge is 0.310 e. The first-order valence-electron chi connectivity index (χ1n) is 5.53. The quantitative estimate of drug-likeness (QED) is 0.799. The summed E-state index contributed by atoms with van der Waals surface area (Å²) in [5.41, 5.74) is 1.19. The number of rotatable bonds is 6. The van der Waals surface area contributed by atoms with Gasteiger partial charge in [0.05, 0.1) is 5.69 Å². The van der Waals surface area contributed by atoms with Crippen molar-refractivity contribution in [2.45, 2.75) is 25.9 Å². The maximum Gasteiger partial charge on any atom is 0.107 e. The smallest absolute Gasteiger partial charge is 0.107 e. The first-order valence-corrected chi connectivity index (χ1v) is 6.40. The zero-order valence-electron chi connectivity index (χ0n) is 9.49. The van der Waals surface area contributed by atoms with Crippen molar-refractivity contribution < 1.29 is 0 Å². The Balaban J connectivity index is 1.73. The third kappa shape index (κ3) is 3.89. The molecule has 4 heteroatoms. The molecule has 1 N–H and O–H groups in total. The fraction of sp³-hybridized carbons (Fsp3) is 0.727. The van der Waals surface area contributed by atoms with E-state index in [4.69, 9.17) is 0 Å². The van der Waals surface area contributed by atoms with Gasteiger partial charge in [0.15, 0.2) is 0 Å². The number of nitrogens with one attached hydrogen (secondary N) is 1. The van der Waals surface area contributed by atoms with Crippen molar-refractivity contribution in [3.05, 3.63) is 16.1 Å². The Morgan fingerprint density at radius 2 is 2.33 bits per heavy atom. The second kappa shape index (κ2) is 5.05. The summed E-state index contributed by atoms with van der Waals surface area (Å²) in [7, 11) is 4.15. The lowest BCUT2D eigenvalue weighted by Crippen LogP contribution is -2.16. The topological polar surface area (TPSA) is 28.2 Å². The van der Waals surface area contributed by atoms with Crippen LogP contribution in [0.15, 0.2) is 5.38 Å². The van der Waals surface area contributed by atoms with Gasteiger partial charge in [-0.1, -0.05) is 0 Å². The third-order valence-corrected chi connectivity index (χ3v) is 3.38. The minimum Gasteiger partial charge on any atom is -0.310 e. The van der Waals surface area contributed by atoms with E-state index in [1.54, 1.807) is 11.3 Å². The average molecular weight is 225 g/mol. The molecule has 84 valence electrons. The fourth-order valence-corrected chi connectivity index (χ4v) is 2.29. The van der Waals surface area contributed by atoms with Gasteiger partial charge in [0, 0.05) is 18.5 Å². The van der Waals surface area contributed by atoms with E-state index in [2.05, 4.69) is 34.7 Å². The van der Waals surface area contributed by atoms with Crippen LogP contribution in [0.2, 0.25) is 0 Å². The Labute approximate surface area is 95.5 Å². The van der Waals surface area contributed by atoms with E-state index in [0.717, 1.165) is 19.0 Å². The zero-order valence-corrected chi connectivity index (χ0v) is 10.3. The van der Waals surface area contributed by atoms with Gasteiger partial charge in [0.2, 0.25) is 0 Å². The van der Waals surface area contributed by atoms with Crippen LogP contribution < -0.4 is 5.32 Å². The van der Waals surface area contributed by atoms with Crippen LogP contribution in [0, 0.1) is 5.92 Å². The van der Waals surface area contributed by atoms with E-state index in [1.807, 2.05) is 0 Å². The molecule has 1 heterocycles. The molecule has 15 heavy (non-hydrogen) atoms. The molecule has 0 unspecified atom stereocenters. The van der Waals surface area contributed by atoms with E-state index in [1.165, 1.54) is 30.1 Å². The summed E-state index contributed by atoms with van der Waals surface area (Å²) in [6, 6.07) is 0. The SMILES string of the molecule is CN(C)Cc1csc(CNCC2CC2)n1. The van der Waals surface area contributed by atoms with Gasteiger partial charge in [0.25, 0.3) is 0 Å². The normalized spacial score (nSPS) is 16.2. The van der Waals surface area contributed by atoms with Crippen molar-refractivity contribution in [3.8, 4) is 0 Å². The summed E-state index contributed by atoms with van der Waals surface area (Å²) < 4.78 is 0. The molecule has 1 fully saturated rings. The third-order valence-electron chi connectivity index (χ3n) is 2.48. The van der Waals surface area contributed by atoms with Crippen LogP contribution in [-0.2, 0) is 13.1 Å². The van der Waals surface area contributed by atoms with Crippen molar-refractivity contribution in [3.63, 3.8) is 0 Å². The van der Waals surface area contributed by atoms with Crippen LogP contribution in [0.3, 0.4) is 0 Å². The summed E-state index contributed by atoms with van der Waals surface area (Å²) in [6.45, 7) is 3.05. The molecule has 0 saturated heterocycles. The average Bonchev–Trinajstić information content (AvgIpc) is 2.88. The lowest BCUT2D eigenvalue weighted by atomic mass is 10.4. The van der Waals surface area contributed by atoms with Gasteiger partial charge in [0.1, 0.15) is 5.01 Å². The molecule has 1 aliphatic rings. The van der Waals surface area contributed by atoms with Gasteiger partial charge < -0.3 is 10.2 Å². The monoisotopic (exact) mass is 225 g/mol. The molecule has 0 atom stereocenters. The van der Waals surface area contributed by atoms with Crippen molar-refractivity contribution in [2.75, 3.05) is 20.6 Å². The van der Waals surface area contributed by atoms with Crippen LogP contribution in [0.25, 0.3) is 0 Å². The van der Waals surface area contributed by atoms with Crippen molar-refractivity contribution in [2.24, 2.45) is 5.92 Å². The molecular formula is C11H19N3S. The number of hydrogen-bond acceptors (Lipinski definition) is 4. The molecule has 0 aromatic carbocycles. The Morgan fingerprint density at radius 3 is 3.00 bits per heavy atom. The second-order valence-corrected chi connectivity index (χ2v) is 5.49. The zero-order chi connectivity index (χ0) is 10.7. The van der Waals surface area contributed by atoms with Crippen molar-refractivity contribution in [1.82, 2.24) is 15.2 Å². The summed E-state index contributed by atoms with van der Waals surface area (Å²) in [4.78, 5) is 6.73. The molecule has 1 aromatic heterocycles. The Bertz CT molecular complexity index is 305. The molecular weight excluding hydrogens is 206 g/mol. The molecule has 3 nitrogen and oxygen atoms in total. The van der Waals surface area contributed by atoms with Gasteiger partial charge in [-0.2, -0.15) is 0 Å². The van der Waals surface area contributed by atoms with Crippen molar-refractivity contribution >= 4 is 11.3 Å². The lowest BCUT2D eigenvalue weighted by molar-refractivity contribution is 0.397. The minimum absolute atomic E-state index is 0.939. The number of thiazole rings is 1. The van der Waals surface area contributed by atoms with Gasteiger partial charge in [-0.3, -0.25) is 0 Å². The van der Waals surface area contributed by atoms with E-state index in [0.29, 0.717) is 0 Å². The van der Waals surface area contributed by atoms with Crippen LogP contribution in [0.1, 0.15) is 23.5 Å². The minimum atomic E-state index is 0.939. The van der Waals surface area contributed by atoms with E-state index in [-0.39, 0.29) is 0 Å². The molecule has 0 radical (unpaired) electrons. The fourth-order valence-electron chi connectivity index (χ4n) is 1.53. The highest BCUT2D eigenvalue weighted by atomic mass is 32.1. The molecule has 0 bridgehead atoms. The van der Waals surface area contributed by atoms with Gasteiger partial charge in [-0.15, -0.1) is 11.3 Å². The molecule has 1 aliphatic carbocycles. The number of hydrogen-bond donors (Lipinski definition) is 1. The molecule has 1 aromatic rings. The highest BCUT2D eigenvalue weighted by Crippen LogP contribution is 2.27. The molecule has 0 amide bonds. The van der Waals surface area contributed by atoms with Gasteiger partial charge in [-0.25, -0.2) is 4.98 Å². The van der Waals surface area contributed by atoms with Crippen LogP contribution in [0.4, 0.5) is 0 Å². The van der Waals surface area contributed by atoms with Crippen molar-refractivity contribution in [1.29, 1.82) is 0 Å². The first kappa shape index (κ1) is 11.0. The molecule has 0 aliphatic heterocycles. The Kier molecular flexibility index (Phi) is 3.72.